The van der Waals surface area contributed by atoms with Crippen LogP contribution in [-0.4, -0.2) is 33.8 Å². The van der Waals surface area contributed by atoms with Crippen molar-refractivity contribution in [2.24, 2.45) is 0 Å². The van der Waals surface area contributed by atoms with E-state index in [1.807, 2.05) is 30.3 Å². The van der Waals surface area contributed by atoms with E-state index in [0.717, 1.165) is 5.56 Å². The highest BCUT2D eigenvalue weighted by atomic mass is 32.2. The first-order valence-corrected chi connectivity index (χ1v) is 9.99. The molecule has 0 aliphatic carbocycles. The summed E-state index contributed by atoms with van der Waals surface area (Å²) >= 11 is 0. The van der Waals surface area contributed by atoms with E-state index in [4.69, 9.17) is 0 Å². The molecule has 0 saturated carbocycles. The van der Waals surface area contributed by atoms with Gasteiger partial charge in [0.15, 0.2) is 0 Å². The molecule has 8 heteroatoms. The Labute approximate surface area is 159 Å². The Hall–Kier alpha value is -2.71. The maximum absolute atomic E-state index is 11.9. The van der Waals surface area contributed by atoms with Gasteiger partial charge in [-0.05, 0) is 30.3 Å². The van der Waals surface area contributed by atoms with Crippen LogP contribution in [0.4, 0.5) is 0 Å². The average molecular weight is 389 g/mol. The SMILES string of the molecule is CNS(=O)(=O)c1cccc(CNC(=O)CCNC(=O)Cc2ccccc2)c1. The van der Waals surface area contributed by atoms with Crippen LogP contribution in [0.2, 0.25) is 0 Å². The van der Waals surface area contributed by atoms with Gasteiger partial charge in [0.25, 0.3) is 0 Å². The van der Waals surface area contributed by atoms with Gasteiger partial charge in [0.05, 0.1) is 11.3 Å². The fourth-order valence-corrected chi connectivity index (χ4v) is 3.19. The molecule has 27 heavy (non-hydrogen) atoms. The predicted octanol–water partition coefficient (Wildman–Crippen LogP) is 0.960. The highest BCUT2D eigenvalue weighted by Crippen LogP contribution is 2.11. The minimum atomic E-state index is -3.52. The first kappa shape index (κ1) is 20.6. The molecule has 2 rings (SSSR count). The van der Waals surface area contributed by atoms with E-state index in [9.17, 15) is 18.0 Å². The minimum absolute atomic E-state index is 0.140. The summed E-state index contributed by atoms with van der Waals surface area (Å²) in [5.74, 6) is -0.365. The lowest BCUT2D eigenvalue weighted by atomic mass is 10.1. The van der Waals surface area contributed by atoms with E-state index < -0.39 is 10.0 Å². The van der Waals surface area contributed by atoms with Crippen LogP contribution in [0, 0.1) is 0 Å². The zero-order valence-electron chi connectivity index (χ0n) is 15.1. The van der Waals surface area contributed by atoms with E-state index in [-0.39, 0.29) is 42.6 Å². The molecule has 7 nitrogen and oxygen atoms in total. The lowest BCUT2D eigenvalue weighted by molar-refractivity contribution is -0.122. The number of rotatable bonds is 9. The van der Waals surface area contributed by atoms with Crippen LogP contribution in [0.1, 0.15) is 17.5 Å². The third kappa shape index (κ3) is 6.84. The second kappa shape index (κ2) is 9.84. The summed E-state index contributed by atoms with van der Waals surface area (Å²) in [5.41, 5.74) is 1.59. The number of carbonyl (C=O) groups excluding carboxylic acids is 2. The van der Waals surface area contributed by atoms with Crippen molar-refractivity contribution in [3.05, 3.63) is 65.7 Å². The fraction of sp³-hybridized carbons (Fsp3) is 0.263. The molecular weight excluding hydrogens is 366 g/mol. The Morgan fingerprint density at radius 2 is 1.59 bits per heavy atom. The summed E-state index contributed by atoms with van der Waals surface area (Å²) in [6.45, 7) is 0.454. The van der Waals surface area contributed by atoms with Crippen LogP contribution in [-0.2, 0) is 32.6 Å². The normalized spacial score (nSPS) is 11.0. The topological polar surface area (TPSA) is 104 Å². The maximum atomic E-state index is 11.9. The summed E-state index contributed by atoms with van der Waals surface area (Å²) in [6.07, 6.45) is 0.421. The van der Waals surface area contributed by atoms with Crippen molar-refractivity contribution in [3.8, 4) is 0 Å². The molecule has 0 aliphatic rings. The fourth-order valence-electron chi connectivity index (χ4n) is 2.39. The summed E-state index contributed by atoms with van der Waals surface area (Å²) in [4.78, 5) is 23.9. The van der Waals surface area contributed by atoms with E-state index in [1.54, 1.807) is 12.1 Å². The number of nitrogens with one attached hydrogen (secondary N) is 3. The highest BCUT2D eigenvalue weighted by Gasteiger charge is 2.11. The molecule has 0 bridgehead atoms. The zero-order chi connectivity index (χ0) is 19.7. The molecule has 2 aromatic rings. The number of hydrogen-bond donors (Lipinski definition) is 3. The van der Waals surface area contributed by atoms with Crippen molar-refractivity contribution >= 4 is 21.8 Å². The largest absolute Gasteiger partial charge is 0.355 e. The van der Waals surface area contributed by atoms with Gasteiger partial charge in [-0.3, -0.25) is 9.59 Å². The van der Waals surface area contributed by atoms with Crippen molar-refractivity contribution in [3.63, 3.8) is 0 Å². The number of hydrogen-bond acceptors (Lipinski definition) is 4. The standard InChI is InChI=1S/C19H23N3O4S/c1-20-27(25,26)17-9-5-8-16(12-17)14-22-18(23)10-11-21-19(24)13-15-6-3-2-4-7-15/h2-9,12,20H,10-11,13-14H2,1H3,(H,21,24)(H,22,23). The lowest BCUT2D eigenvalue weighted by Gasteiger charge is -2.08. The zero-order valence-corrected chi connectivity index (χ0v) is 15.9. The van der Waals surface area contributed by atoms with Gasteiger partial charge in [0, 0.05) is 19.5 Å². The van der Waals surface area contributed by atoms with Crippen molar-refractivity contribution in [1.82, 2.24) is 15.4 Å². The lowest BCUT2D eigenvalue weighted by Crippen LogP contribution is -2.31. The highest BCUT2D eigenvalue weighted by molar-refractivity contribution is 7.89. The Morgan fingerprint density at radius 3 is 2.30 bits per heavy atom. The van der Waals surface area contributed by atoms with Gasteiger partial charge in [-0.15, -0.1) is 0 Å². The molecule has 0 radical (unpaired) electrons. The van der Waals surface area contributed by atoms with Crippen LogP contribution in [0.25, 0.3) is 0 Å². The molecule has 0 heterocycles. The molecule has 3 N–H and O–H groups in total. The summed E-state index contributed by atoms with van der Waals surface area (Å²) in [5, 5.41) is 5.42. The van der Waals surface area contributed by atoms with E-state index in [2.05, 4.69) is 15.4 Å². The smallest absolute Gasteiger partial charge is 0.240 e. The Kier molecular flexibility index (Phi) is 7.51. The van der Waals surface area contributed by atoms with Crippen molar-refractivity contribution < 1.29 is 18.0 Å². The van der Waals surface area contributed by atoms with Gasteiger partial charge < -0.3 is 10.6 Å². The number of amides is 2. The quantitative estimate of drug-likeness (QED) is 0.594. The van der Waals surface area contributed by atoms with Crippen LogP contribution >= 0.6 is 0 Å². The van der Waals surface area contributed by atoms with Gasteiger partial charge in [0.1, 0.15) is 0 Å². The van der Waals surface area contributed by atoms with Crippen LogP contribution in [0.3, 0.4) is 0 Å². The molecule has 0 fully saturated rings. The first-order chi connectivity index (χ1) is 12.9. The minimum Gasteiger partial charge on any atom is -0.355 e. The summed E-state index contributed by atoms with van der Waals surface area (Å²) in [7, 11) is -2.18. The van der Waals surface area contributed by atoms with Crippen molar-refractivity contribution in [1.29, 1.82) is 0 Å². The molecular formula is C19H23N3O4S. The predicted molar refractivity (Wildman–Crippen MR) is 102 cm³/mol. The Morgan fingerprint density at radius 1 is 0.889 bits per heavy atom. The van der Waals surface area contributed by atoms with E-state index in [1.165, 1.54) is 19.2 Å². The van der Waals surface area contributed by atoms with Gasteiger partial charge >= 0.3 is 0 Å². The molecule has 0 unspecified atom stereocenters. The molecule has 0 aliphatic heterocycles. The van der Waals surface area contributed by atoms with Gasteiger partial charge in [-0.25, -0.2) is 13.1 Å². The summed E-state index contributed by atoms with van der Waals surface area (Å²) < 4.78 is 25.8. The molecule has 0 aromatic heterocycles. The number of carbonyl (C=O) groups is 2. The van der Waals surface area contributed by atoms with Crippen LogP contribution < -0.4 is 15.4 Å². The second-order valence-electron chi connectivity index (χ2n) is 5.89. The molecule has 0 spiro atoms. The third-order valence-corrected chi connectivity index (χ3v) is 5.26. The Bertz CT molecular complexity index is 883. The first-order valence-electron chi connectivity index (χ1n) is 8.50. The molecule has 144 valence electrons. The average Bonchev–Trinajstić information content (AvgIpc) is 2.67. The van der Waals surface area contributed by atoms with Crippen molar-refractivity contribution in [2.45, 2.75) is 24.3 Å². The second-order valence-corrected chi connectivity index (χ2v) is 7.78. The van der Waals surface area contributed by atoms with Crippen LogP contribution in [0.5, 0.6) is 0 Å². The van der Waals surface area contributed by atoms with Crippen LogP contribution in [0.15, 0.2) is 59.5 Å². The molecule has 2 aromatic carbocycles. The van der Waals surface area contributed by atoms with E-state index >= 15 is 0 Å². The molecule has 0 atom stereocenters. The Balaban J connectivity index is 1.73. The van der Waals surface area contributed by atoms with Gasteiger partial charge in [-0.2, -0.15) is 0 Å². The number of benzene rings is 2. The molecule has 0 saturated heterocycles. The maximum Gasteiger partial charge on any atom is 0.240 e. The van der Waals surface area contributed by atoms with Gasteiger partial charge in [0.2, 0.25) is 21.8 Å². The van der Waals surface area contributed by atoms with Gasteiger partial charge in [-0.1, -0.05) is 42.5 Å². The molecule has 2 amide bonds. The summed E-state index contributed by atoms with van der Waals surface area (Å²) in [6, 6.07) is 15.7. The van der Waals surface area contributed by atoms with E-state index in [0.29, 0.717) is 5.56 Å². The third-order valence-electron chi connectivity index (χ3n) is 3.85. The monoisotopic (exact) mass is 389 g/mol. The van der Waals surface area contributed by atoms with Crippen molar-refractivity contribution in [2.75, 3.05) is 13.6 Å². The number of sulfonamides is 1.